The molecule has 0 saturated heterocycles. The van der Waals surface area contributed by atoms with E-state index >= 15 is 0 Å². The molecule has 82 valence electrons. The summed E-state index contributed by atoms with van der Waals surface area (Å²) >= 11 is 0. The fraction of sp³-hybridized carbons (Fsp3) is 0.545. The van der Waals surface area contributed by atoms with Crippen molar-refractivity contribution in [3.05, 3.63) is 18.5 Å². The van der Waals surface area contributed by atoms with Crippen molar-refractivity contribution in [3.63, 3.8) is 0 Å². The molecule has 4 heteroatoms. The quantitative estimate of drug-likeness (QED) is 0.781. The molecule has 15 heavy (non-hydrogen) atoms. The van der Waals surface area contributed by atoms with Crippen LogP contribution in [0.3, 0.4) is 0 Å². The summed E-state index contributed by atoms with van der Waals surface area (Å²) in [7, 11) is 0. The molecule has 0 saturated carbocycles. The zero-order valence-electron chi connectivity index (χ0n) is 9.27. The van der Waals surface area contributed by atoms with Crippen molar-refractivity contribution in [3.8, 4) is 0 Å². The average molecular weight is 206 g/mol. The van der Waals surface area contributed by atoms with Crippen LogP contribution in [0, 0.1) is 5.92 Å². The Balaban J connectivity index is 2.08. The highest BCUT2D eigenvalue weighted by Gasteiger charge is 2.20. The Bertz CT molecular complexity index is 337. The fourth-order valence-corrected chi connectivity index (χ4v) is 1.74. The molecule has 2 heterocycles. The van der Waals surface area contributed by atoms with Crippen molar-refractivity contribution in [2.24, 2.45) is 11.7 Å². The summed E-state index contributed by atoms with van der Waals surface area (Å²) in [6, 6.07) is 2.28. The Kier molecular flexibility index (Phi) is 2.77. The standard InChI is InChI=1S/C11H18N4/c1-8(9(2)12)6-15-7-14-10-5-13-4-3-11(10)15/h3-5,8-9,14H,6-7,12H2,1-2H3. The van der Waals surface area contributed by atoms with Crippen LogP contribution in [0.25, 0.3) is 0 Å². The summed E-state index contributed by atoms with van der Waals surface area (Å²) in [5.41, 5.74) is 8.23. The molecular weight excluding hydrogens is 188 g/mol. The Morgan fingerprint density at radius 1 is 1.60 bits per heavy atom. The summed E-state index contributed by atoms with van der Waals surface area (Å²) < 4.78 is 0. The number of anilines is 2. The van der Waals surface area contributed by atoms with Gasteiger partial charge in [-0.05, 0) is 18.9 Å². The number of aromatic nitrogens is 1. The maximum Gasteiger partial charge on any atom is 0.0878 e. The van der Waals surface area contributed by atoms with Gasteiger partial charge < -0.3 is 16.0 Å². The summed E-state index contributed by atoms with van der Waals surface area (Å²) in [5, 5.41) is 3.32. The predicted molar refractivity (Wildman–Crippen MR) is 62.9 cm³/mol. The van der Waals surface area contributed by atoms with E-state index in [1.807, 2.05) is 18.5 Å². The van der Waals surface area contributed by atoms with Gasteiger partial charge in [0.15, 0.2) is 0 Å². The smallest absolute Gasteiger partial charge is 0.0878 e. The number of fused-ring (bicyclic) bond motifs is 1. The van der Waals surface area contributed by atoms with Gasteiger partial charge in [-0.15, -0.1) is 0 Å². The van der Waals surface area contributed by atoms with Gasteiger partial charge in [0, 0.05) is 18.8 Å². The molecule has 0 aliphatic carbocycles. The Morgan fingerprint density at radius 3 is 3.13 bits per heavy atom. The van der Waals surface area contributed by atoms with Crippen molar-refractivity contribution < 1.29 is 0 Å². The lowest BCUT2D eigenvalue weighted by Crippen LogP contribution is -2.36. The second-order valence-electron chi connectivity index (χ2n) is 4.29. The molecule has 2 atom stereocenters. The third kappa shape index (κ3) is 2.04. The van der Waals surface area contributed by atoms with Crippen LogP contribution in [0.1, 0.15) is 13.8 Å². The summed E-state index contributed by atoms with van der Waals surface area (Å²) in [5.74, 6) is 0.492. The number of nitrogens with zero attached hydrogens (tertiary/aromatic N) is 2. The molecule has 1 aromatic heterocycles. The van der Waals surface area contributed by atoms with Crippen molar-refractivity contribution in [2.45, 2.75) is 19.9 Å². The first-order chi connectivity index (χ1) is 7.18. The second-order valence-corrected chi connectivity index (χ2v) is 4.29. The van der Waals surface area contributed by atoms with Gasteiger partial charge in [0.25, 0.3) is 0 Å². The summed E-state index contributed by atoms with van der Waals surface area (Å²) in [4.78, 5) is 6.40. The molecular formula is C11H18N4. The fourth-order valence-electron chi connectivity index (χ4n) is 1.74. The Labute approximate surface area is 90.5 Å². The maximum absolute atomic E-state index is 5.87. The van der Waals surface area contributed by atoms with Crippen LogP contribution >= 0.6 is 0 Å². The zero-order chi connectivity index (χ0) is 10.8. The van der Waals surface area contributed by atoms with E-state index in [-0.39, 0.29) is 6.04 Å². The van der Waals surface area contributed by atoms with E-state index in [2.05, 4.69) is 29.0 Å². The molecule has 3 N–H and O–H groups in total. The molecule has 0 amide bonds. The average Bonchev–Trinajstić information content (AvgIpc) is 2.62. The van der Waals surface area contributed by atoms with Gasteiger partial charge in [-0.2, -0.15) is 0 Å². The van der Waals surface area contributed by atoms with Crippen molar-refractivity contribution >= 4 is 11.4 Å². The van der Waals surface area contributed by atoms with Crippen LogP contribution < -0.4 is 16.0 Å². The van der Waals surface area contributed by atoms with Gasteiger partial charge in [0.2, 0.25) is 0 Å². The lowest BCUT2D eigenvalue weighted by atomic mass is 10.0. The normalized spacial score (nSPS) is 18.2. The van der Waals surface area contributed by atoms with Crippen LogP contribution in [-0.4, -0.2) is 24.2 Å². The summed E-state index contributed by atoms with van der Waals surface area (Å²) in [6.07, 6.45) is 3.70. The van der Waals surface area contributed by atoms with Crippen LogP contribution in [0.15, 0.2) is 18.5 Å². The van der Waals surface area contributed by atoms with E-state index in [0.29, 0.717) is 5.92 Å². The lowest BCUT2D eigenvalue weighted by molar-refractivity contribution is 0.481. The van der Waals surface area contributed by atoms with E-state index < -0.39 is 0 Å². The first-order valence-corrected chi connectivity index (χ1v) is 5.37. The molecule has 1 aliphatic rings. The molecule has 0 bridgehead atoms. The second kappa shape index (κ2) is 4.06. The van der Waals surface area contributed by atoms with Gasteiger partial charge in [0.1, 0.15) is 0 Å². The minimum atomic E-state index is 0.232. The topological polar surface area (TPSA) is 54.2 Å². The van der Waals surface area contributed by atoms with Gasteiger partial charge >= 0.3 is 0 Å². The molecule has 0 fully saturated rings. The van der Waals surface area contributed by atoms with E-state index in [1.165, 1.54) is 5.69 Å². The summed E-state index contributed by atoms with van der Waals surface area (Å²) in [6.45, 7) is 6.09. The largest absolute Gasteiger partial charge is 0.365 e. The van der Waals surface area contributed by atoms with Gasteiger partial charge in [0.05, 0.1) is 24.2 Å². The first-order valence-electron chi connectivity index (χ1n) is 5.37. The number of nitrogens with one attached hydrogen (secondary N) is 1. The van der Waals surface area contributed by atoms with E-state index in [1.54, 1.807) is 0 Å². The first kappa shape index (κ1) is 10.2. The number of nitrogens with two attached hydrogens (primary N) is 1. The number of rotatable bonds is 3. The van der Waals surface area contributed by atoms with Gasteiger partial charge in [-0.3, -0.25) is 4.98 Å². The molecule has 2 unspecified atom stereocenters. The monoisotopic (exact) mass is 206 g/mol. The number of pyridine rings is 1. The molecule has 2 rings (SSSR count). The molecule has 4 nitrogen and oxygen atoms in total. The maximum atomic E-state index is 5.87. The van der Waals surface area contributed by atoms with Crippen molar-refractivity contribution in [2.75, 3.05) is 23.4 Å². The van der Waals surface area contributed by atoms with E-state index in [4.69, 9.17) is 5.73 Å². The Hall–Kier alpha value is -1.29. The van der Waals surface area contributed by atoms with E-state index in [0.717, 1.165) is 18.9 Å². The lowest BCUT2D eigenvalue weighted by Gasteiger charge is -2.24. The van der Waals surface area contributed by atoms with Crippen molar-refractivity contribution in [1.82, 2.24) is 4.98 Å². The molecule has 1 aromatic rings. The Morgan fingerprint density at radius 2 is 2.40 bits per heavy atom. The SMILES string of the molecule is CC(N)C(C)CN1CNc2cnccc21. The number of hydrogen-bond donors (Lipinski definition) is 2. The number of hydrogen-bond acceptors (Lipinski definition) is 4. The molecule has 1 aliphatic heterocycles. The highest BCUT2D eigenvalue weighted by Crippen LogP contribution is 2.30. The van der Waals surface area contributed by atoms with Crippen LogP contribution in [-0.2, 0) is 0 Å². The predicted octanol–water partition coefficient (Wildman–Crippen LogP) is 1.25. The van der Waals surface area contributed by atoms with Crippen LogP contribution in [0.2, 0.25) is 0 Å². The molecule has 0 spiro atoms. The van der Waals surface area contributed by atoms with Gasteiger partial charge in [-0.25, -0.2) is 0 Å². The third-order valence-electron chi connectivity index (χ3n) is 3.01. The van der Waals surface area contributed by atoms with Gasteiger partial charge in [-0.1, -0.05) is 6.92 Å². The zero-order valence-corrected chi connectivity index (χ0v) is 9.27. The van der Waals surface area contributed by atoms with E-state index in [9.17, 15) is 0 Å². The van der Waals surface area contributed by atoms with Crippen molar-refractivity contribution in [1.29, 1.82) is 0 Å². The molecule has 0 aromatic carbocycles. The molecule has 0 radical (unpaired) electrons. The highest BCUT2D eigenvalue weighted by atomic mass is 15.3. The minimum absolute atomic E-state index is 0.232. The minimum Gasteiger partial charge on any atom is -0.365 e. The highest BCUT2D eigenvalue weighted by molar-refractivity contribution is 5.73. The van der Waals surface area contributed by atoms with Crippen LogP contribution in [0.4, 0.5) is 11.4 Å². The third-order valence-corrected chi connectivity index (χ3v) is 3.01. The van der Waals surface area contributed by atoms with Crippen LogP contribution in [0.5, 0.6) is 0 Å².